The van der Waals surface area contributed by atoms with Crippen molar-refractivity contribution < 1.29 is 4.74 Å². The van der Waals surface area contributed by atoms with Crippen LogP contribution in [-0.2, 0) is 6.54 Å². The third-order valence-corrected chi connectivity index (χ3v) is 5.18. The first-order valence-electron chi connectivity index (χ1n) is 9.54. The van der Waals surface area contributed by atoms with Gasteiger partial charge < -0.3 is 9.72 Å². The molecule has 1 aromatic carbocycles. The molecule has 28 heavy (non-hydrogen) atoms. The van der Waals surface area contributed by atoms with E-state index < -0.39 is 0 Å². The van der Waals surface area contributed by atoms with Gasteiger partial charge in [-0.25, -0.2) is 4.98 Å². The number of likely N-dealkylation sites (tertiary alicyclic amines) is 1. The van der Waals surface area contributed by atoms with E-state index in [2.05, 4.69) is 33.9 Å². The second-order valence-corrected chi connectivity index (χ2v) is 7.17. The number of aryl methyl sites for hydroxylation is 1. The number of benzene rings is 1. The van der Waals surface area contributed by atoms with E-state index >= 15 is 0 Å². The van der Waals surface area contributed by atoms with Crippen molar-refractivity contribution in [2.75, 3.05) is 13.7 Å². The van der Waals surface area contributed by atoms with Crippen LogP contribution in [0, 0.1) is 6.92 Å². The molecule has 0 saturated carbocycles. The maximum Gasteiger partial charge on any atom is 0.251 e. The van der Waals surface area contributed by atoms with Gasteiger partial charge in [-0.05, 0) is 44.5 Å². The molecule has 6 nitrogen and oxygen atoms in total. The smallest absolute Gasteiger partial charge is 0.251 e. The summed E-state index contributed by atoms with van der Waals surface area (Å²) in [7, 11) is 1.70. The first-order valence-corrected chi connectivity index (χ1v) is 9.54. The molecule has 2 aromatic heterocycles. The van der Waals surface area contributed by atoms with E-state index in [9.17, 15) is 4.79 Å². The van der Waals surface area contributed by atoms with Gasteiger partial charge in [0.25, 0.3) is 5.56 Å². The van der Waals surface area contributed by atoms with Gasteiger partial charge in [0.2, 0.25) is 0 Å². The molecule has 0 amide bonds. The number of rotatable bonds is 5. The van der Waals surface area contributed by atoms with Gasteiger partial charge in [0.1, 0.15) is 11.6 Å². The Hall–Kier alpha value is -2.99. The van der Waals surface area contributed by atoms with E-state index in [1.807, 2.05) is 24.3 Å². The topological polar surface area (TPSA) is 71.1 Å². The molecule has 0 aliphatic carbocycles. The normalized spacial score (nSPS) is 17.0. The highest BCUT2D eigenvalue weighted by atomic mass is 16.5. The fourth-order valence-corrected chi connectivity index (χ4v) is 3.85. The van der Waals surface area contributed by atoms with Gasteiger partial charge in [0, 0.05) is 24.4 Å². The second-order valence-electron chi connectivity index (χ2n) is 7.17. The molecule has 1 fully saturated rings. The number of pyridine rings is 1. The summed E-state index contributed by atoms with van der Waals surface area (Å²) >= 11 is 0. The molecule has 4 rings (SSSR count). The molecule has 1 saturated heterocycles. The number of methoxy groups -OCH3 is 1. The van der Waals surface area contributed by atoms with Gasteiger partial charge in [0.15, 0.2) is 0 Å². The minimum atomic E-state index is -0.148. The summed E-state index contributed by atoms with van der Waals surface area (Å²) in [5, 5.41) is 0. The molecule has 6 heteroatoms. The predicted octanol–water partition coefficient (Wildman–Crippen LogP) is 3.49. The van der Waals surface area contributed by atoms with Crippen LogP contribution in [0.3, 0.4) is 0 Å². The molecular weight excluding hydrogens is 352 g/mol. The van der Waals surface area contributed by atoms with Crippen LogP contribution < -0.4 is 10.3 Å². The summed E-state index contributed by atoms with van der Waals surface area (Å²) in [4.78, 5) is 26.7. The number of hydrogen-bond acceptors (Lipinski definition) is 5. The molecule has 1 N–H and O–H groups in total. The standard InChI is InChI=1S/C22H24N4O2/c1-15-8-9-20(28-2)16(12-15)14-26-11-5-7-19(26)22-24-18(13-21(27)25-22)17-6-3-4-10-23-17/h3-4,6,8-10,12-13,19H,5,7,11,14H2,1-2H3,(H,24,25,27)/t19-/m0/s1. The van der Waals surface area contributed by atoms with Crippen LogP contribution >= 0.6 is 0 Å². The van der Waals surface area contributed by atoms with Gasteiger partial charge in [-0.15, -0.1) is 0 Å². The first-order chi connectivity index (χ1) is 13.6. The van der Waals surface area contributed by atoms with Crippen molar-refractivity contribution in [2.24, 2.45) is 0 Å². The predicted molar refractivity (Wildman–Crippen MR) is 108 cm³/mol. The van der Waals surface area contributed by atoms with Crippen LogP contribution in [0.15, 0.2) is 53.5 Å². The molecule has 1 aliphatic heterocycles. The minimum absolute atomic E-state index is 0.0709. The average molecular weight is 376 g/mol. The maximum absolute atomic E-state index is 12.3. The molecule has 1 atom stereocenters. The molecule has 3 heterocycles. The van der Waals surface area contributed by atoms with Crippen LogP contribution in [0.5, 0.6) is 5.75 Å². The van der Waals surface area contributed by atoms with Crippen LogP contribution in [0.1, 0.15) is 35.8 Å². The lowest BCUT2D eigenvalue weighted by Gasteiger charge is -2.25. The third kappa shape index (κ3) is 3.82. The zero-order chi connectivity index (χ0) is 19.5. The van der Waals surface area contributed by atoms with Crippen LogP contribution in [0.25, 0.3) is 11.4 Å². The van der Waals surface area contributed by atoms with Gasteiger partial charge in [-0.1, -0.05) is 23.8 Å². The van der Waals surface area contributed by atoms with Gasteiger partial charge >= 0.3 is 0 Å². The number of aromatic nitrogens is 3. The highest BCUT2D eigenvalue weighted by molar-refractivity contribution is 5.52. The van der Waals surface area contributed by atoms with Crippen molar-refractivity contribution in [1.29, 1.82) is 0 Å². The van der Waals surface area contributed by atoms with E-state index in [-0.39, 0.29) is 11.6 Å². The Morgan fingerprint density at radius 2 is 2.11 bits per heavy atom. The Bertz CT molecular complexity index is 1020. The number of ether oxygens (including phenoxy) is 1. The summed E-state index contributed by atoms with van der Waals surface area (Å²) in [6, 6.07) is 13.4. The van der Waals surface area contributed by atoms with Crippen molar-refractivity contribution in [1.82, 2.24) is 19.9 Å². The molecule has 0 bridgehead atoms. The highest BCUT2D eigenvalue weighted by Gasteiger charge is 2.29. The molecule has 3 aromatic rings. The van der Waals surface area contributed by atoms with E-state index in [0.29, 0.717) is 17.2 Å². The van der Waals surface area contributed by atoms with E-state index in [4.69, 9.17) is 9.72 Å². The van der Waals surface area contributed by atoms with Gasteiger partial charge in [-0.3, -0.25) is 14.7 Å². The molecule has 0 radical (unpaired) electrons. The number of aromatic amines is 1. The highest BCUT2D eigenvalue weighted by Crippen LogP contribution is 2.33. The Labute approximate surface area is 164 Å². The maximum atomic E-state index is 12.3. The number of nitrogens with one attached hydrogen (secondary N) is 1. The second kappa shape index (κ2) is 7.94. The van der Waals surface area contributed by atoms with Crippen molar-refractivity contribution in [3.63, 3.8) is 0 Å². The zero-order valence-corrected chi connectivity index (χ0v) is 16.2. The Morgan fingerprint density at radius 1 is 1.21 bits per heavy atom. The van der Waals surface area contributed by atoms with Crippen molar-refractivity contribution in [3.8, 4) is 17.1 Å². The average Bonchev–Trinajstić information content (AvgIpc) is 3.16. The first kappa shape index (κ1) is 18.4. The summed E-state index contributed by atoms with van der Waals surface area (Å²) in [6.45, 7) is 3.80. The summed E-state index contributed by atoms with van der Waals surface area (Å²) < 4.78 is 5.54. The van der Waals surface area contributed by atoms with E-state index in [1.165, 1.54) is 11.6 Å². The molecule has 0 spiro atoms. The van der Waals surface area contributed by atoms with Gasteiger partial charge in [0.05, 0.1) is 24.5 Å². The van der Waals surface area contributed by atoms with Crippen molar-refractivity contribution >= 4 is 0 Å². The summed E-state index contributed by atoms with van der Waals surface area (Å²) in [6.07, 6.45) is 3.74. The molecular formula is C22H24N4O2. The van der Waals surface area contributed by atoms with E-state index in [1.54, 1.807) is 13.3 Å². The molecule has 1 aliphatic rings. The monoisotopic (exact) mass is 376 g/mol. The minimum Gasteiger partial charge on any atom is -0.496 e. The van der Waals surface area contributed by atoms with Crippen LogP contribution in [0.2, 0.25) is 0 Å². The SMILES string of the molecule is COc1ccc(C)cc1CN1CCC[C@H]1c1nc(-c2ccccn2)cc(=O)[nH]1. The number of hydrogen-bond donors (Lipinski definition) is 1. The van der Waals surface area contributed by atoms with Crippen LogP contribution in [-0.4, -0.2) is 33.5 Å². The zero-order valence-electron chi connectivity index (χ0n) is 16.2. The Balaban J connectivity index is 1.65. The third-order valence-electron chi connectivity index (χ3n) is 5.18. The van der Waals surface area contributed by atoms with E-state index in [0.717, 1.165) is 37.2 Å². The Kier molecular flexibility index (Phi) is 5.21. The largest absolute Gasteiger partial charge is 0.496 e. The van der Waals surface area contributed by atoms with Crippen molar-refractivity contribution in [2.45, 2.75) is 32.4 Å². The molecule has 0 unspecified atom stereocenters. The fraction of sp³-hybridized carbons (Fsp3) is 0.318. The summed E-state index contributed by atoms with van der Waals surface area (Å²) in [5.41, 5.74) is 3.53. The Morgan fingerprint density at radius 3 is 2.89 bits per heavy atom. The number of nitrogens with zero attached hydrogens (tertiary/aromatic N) is 3. The lowest BCUT2D eigenvalue weighted by Crippen LogP contribution is -2.26. The lowest BCUT2D eigenvalue weighted by atomic mass is 10.1. The van der Waals surface area contributed by atoms with Crippen LogP contribution in [0.4, 0.5) is 0 Å². The summed E-state index contributed by atoms with van der Waals surface area (Å²) in [5.74, 6) is 1.59. The quantitative estimate of drug-likeness (QED) is 0.738. The molecule has 144 valence electrons. The number of H-pyrrole nitrogens is 1. The lowest BCUT2D eigenvalue weighted by molar-refractivity contribution is 0.236. The van der Waals surface area contributed by atoms with Gasteiger partial charge in [-0.2, -0.15) is 0 Å². The fourth-order valence-electron chi connectivity index (χ4n) is 3.85. The van der Waals surface area contributed by atoms with Crippen molar-refractivity contribution in [3.05, 3.63) is 76.0 Å².